The number of fused-ring (bicyclic) bond motifs is 1. The van der Waals surface area contributed by atoms with Crippen LogP contribution < -0.4 is 20.5 Å². The fourth-order valence-electron chi connectivity index (χ4n) is 5.86. The van der Waals surface area contributed by atoms with Crippen LogP contribution in [0.1, 0.15) is 43.5 Å². The minimum Gasteiger partial charge on any atom is -0.493 e. The molecule has 2 heterocycles. The number of pyridine rings is 1. The smallest absolute Gasteiger partial charge is 0.493 e. The Kier molecular flexibility index (Phi) is 9.43. The van der Waals surface area contributed by atoms with Gasteiger partial charge in [-0.2, -0.15) is 0 Å². The lowest BCUT2D eigenvalue weighted by atomic mass is 9.99. The van der Waals surface area contributed by atoms with Crippen LogP contribution in [0.2, 0.25) is 0 Å². The lowest BCUT2D eigenvalue weighted by Crippen LogP contribution is -2.40. The van der Waals surface area contributed by atoms with Crippen molar-refractivity contribution in [1.29, 1.82) is 0 Å². The van der Waals surface area contributed by atoms with Crippen molar-refractivity contribution in [3.8, 4) is 11.5 Å². The van der Waals surface area contributed by atoms with Gasteiger partial charge in [0.2, 0.25) is 5.91 Å². The number of hydrogen-bond donors (Lipinski definition) is 3. The molecule has 248 valence electrons. The Labute approximate surface area is 271 Å². The first kappa shape index (κ1) is 33.3. The fraction of sp³-hybridized carbons (Fsp3) is 0.303. The first-order valence-electron chi connectivity index (χ1n) is 14.7. The van der Waals surface area contributed by atoms with Crippen molar-refractivity contribution in [3.05, 3.63) is 83.8 Å². The predicted octanol–water partition coefficient (Wildman–Crippen LogP) is 5.35. The minimum absolute atomic E-state index is 0.00941. The first-order chi connectivity index (χ1) is 22.4. The Balaban J connectivity index is 1.66. The second kappa shape index (κ2) is 13.3. The molecule has 1 fully saturated rings. The number of methoxy groups -OCH3 is 2. The summed E-state index contributed by atoms with van der Waals surface area (Å²) in [5.41, 5.74) is 6.56. The van der Waals surface area contributed by atoms with E-state index in [9.17, 15) is 23.1 Å². The zero-order valence-electron chi connectivity index (χ0n) is 26.1. The molecule has 0 aliphatic carbocycles. The second-order valence-corrected chi connectivity index (χ2v) is 13.7. The average Bonchev–Trinajstić information content (AvgIpc) is 3.45. The minimum atomic E-state index is -3.88. The monoisotopic (exact) mass is 666 g/mol. The molecule has 0 spiro atoms. The SMILES string of the molecule is COc1cc(F)c([C@@H](Nc2ccc3c(N)nccc3c2)C(=O)N2CC[C@H](OC(=O)O)[C@H]2c2ccccc2S(=O)(=O)C(C)C)cc1OC. The number of sulfone groups is 1. The van der Waals surface area contributed by atoms with Crippen molar-refractivity contribution >= 4 is 44.2 Å². The lowest BCUT2D eigenvalue weighted by molar-refractivity contribution is -0.134. The van der Waals surface area contributed by atoms with E-state index in [1.807, 2.05) is 0 Å². The molecule has 0 bridgehead atoms. The number of benzene rings is 3. The van der Waals surface area contributed by atoms with Crippen molar-refractivity contribution in [2.45, 2.75) is 48.6 Å². The first-order valence-corrected chi connectivity index (χ1v) is 16.3. The molecular formula is C33H35FN4O8S. The van der Waals surface area contributed by atoms with Gasteiger partial charge < -0.3 is 35.3 Å². The molecule has 0 saturated carbocycles. The molecule has 12 nitrogen and oxygen atoms in total. The molecule has 1 aromatic heterocycles. The van der Waals surface area contributed by atoms with Crippen LogP contribution in [0.15, 0.2) is 71.8 Å². The third kappa shape index (κ3) is 6.45. The Hall–Kier alpha value is -5.11. The fourth-order valence-corrected chi connectivity index (χ4v) is 7.15. The van der Waals surface area contributed by atoms with Gasteiger partial charge in [-0.15, -0.1) is 0 Å². The third-order valence-electron chi connectivity index (χ3n) is 8.21. The Morgan fingerprint density at radius 1 is 1.06 bits per heavy atom. The number of aromatic nitrogens is 1. The Morgan fingerprint density at radius 3 is 2.45 bits per heavy atom. The maximum Gasteiger partial charge on any atom is 0.506 e. The van der Waals surface area contributed by atoms with Crippen LogP contribution in [0, 0.1) is 5.82 Å². The third-order valence-corrected chi connectivity index (χ3v) is 10.4. The van der Waals surface area contributed by atoms with E-state index in [0.717, 1.165) is 6.07 Å². The number of anilines is 2. The molecule has 1 aliphatic rings. The number of carbonyl (C=O) groups excluding carboxylic acids is 1. The number of rotatable bonds is 10. The van der Waals surface area contributed by atoms with Crippen LogP contribution in [0.5, 0.6) is 11.5 Å². The summed E-state index contributed by atoms with van der Waals surface area (Å²) in [6.45, 7) is 3.05. The number of carboxylic acid groups (broad SMARTS) is 1. The molecule has 3 aromatic carbocycles. The lowest BCUT2D eigenvalue weighted by Gasteiger charge is -2.33. The van der Waals surface area contributed by atoms with E-state index >= 15 is 4.39 Å². The largest absolute Gasteiger partial charge is 0.506 e. The van der Waals surface area contributed by atoms with Gasteiger partial charge >= 0.3 is 6.16 Å². The van der Waals surface area contributed by atoms with Crippen molar-refractivity contribution in [3.63, 3.8) is 0 Å². The second-order valence-electron chi connectivity index (χ2n) is 11.3. The van der Waals surface area contributed by atoms with Crippen LogP contribution in [0.25, 0.3) is 10.8 Å². The molecule has 4 aromatic rings. The molecule has 1 aliphatic heterocycles. The summed E-state index contributed by atoms with van der Waals surface area (Å²) in [6.07, 6.45) is -1.07. The van der Waals surface area contributed by atoms with Gasteiger partial charge in [0.15, 0.2) is 21.3 Å². The van der Waals surface area contributed by atoms with E-state index < -0.39 is 51.2 Å². The van der Waals surface area contributed by atoms with Crippen LogP contribution in [-0.2, 0) is 19.4 Å². The highest BCUT2D eigenvalue weighted by atomic mass is 32.2. The van der Waals surface area contributed by atoms with E-state index in [0.29, 0.717) is 22.3 Å². The van der Waals surface area contributed by atoms with Gasteiger partial charge in [0, 0.05) is 41.9 Å². The van der Waals surface area contributed by atoms with E-state index in [-0.39, 0.29) is 40.5 Å². The van der Waals surface area contributed by atoms with Gasteiger partial charge in [0.05, 0.1) is 30.4 Å². The highest BCUT2D eigenvalue weighted by molar-refractivity contribution is 7.92. The van der Waals surface area contributed by atoms with E-state index in [1.165, 1.54) is 57.4 Å². The average molecular weight is 667 g/mol. The van der Waals surface area contributed by atoms with Gasteiger partial charge in [-0.05, 0) is 61.2 Å². The number of carbonyl (C=O) groups is 2. The number of hydrogen-bond acceptors (Lipinski definition) is 10. The van der Waals surface area contributed by atoms with Crippen molar-refractivity contribution in [2.75, 3.05) is 31.8 Å². The summed E-state index contributed by atoms with van der Waals surface area (Å²) in [5.74, 6) is -0.856. The van der Waals surface area contributed by atoms with Gasteiger partial charge in [-0.1, -0.05) is 18.2 Å². The molecule has 5 rings (SSSR count). The highest BCUT2D eigenvalue weighted by Crippen LogP contribution is 2.42. The summed E-state index contributed by atoms with van der Waals surface area (Å²) in [5, 5.41) is 13.3. The zero-order valence-corrected chi connectivity index (χ0v) is 27.0. The number of ether oxygens (including phenoxy) is 3. The molecule has 3 atom stereocenters. The number of amides is 1. The Bertz CT molecular complexity index is 1940. The van der Waals surface area contributed by atoms with Gasteiger partial charge in [0.1, 0.15) is 23.8 Å². The number of halogens is 1. The van der Waals surface area contributed by atoms with Gasteiger partial charge in [-0.25, -0.2) is 22.6 Å². The predicted molar refractivity (Wildman–Crippen MR) is 173 cm³/mol. The maximum absolute atomic E-state index is 15.9. The molecule has 1 amide bonds. The van der Waals surface area contributed by atoms with Gasteiger partial charge in [-0.3, -0.25) is 4.79 Å². The topological polar surface area (TPSA) is 170 Å². The number of likely N-dealkylation sites (tertiary alicyclic amines) is 1. The standard InChI is InChI=1S/C33H35FN4O8S/c1-18(2)47(42,43)28-8-6-5-7-22(28)30-25(46-33(40)41)12-14-38(30)32(39)29(23-16-26(44-3)27(45-4)17-24(23)34)37-20-9-10-21-19(15-20)11-13-36-31(21)35/h5-11,13,15-18,25,29-30,37H,12,14H2,1-4H3,(H2,35,36)(H,40,41)/t25-,29+,30+/m0/s1. The molecule has 4 N–H and O–H groups in total. The van der Waals surface area contributed by atoms with Crippen molar-refractivity contribution in [2.24, 2.45) is 0 Å². The summed E-state index contributed by atoms with van der Waals surface area (Å²) in [6, 6.07) is 12.9. The number of nitrogen functional groups attached to an aromatic ring is 1. The normalized spacial score (nSPS) is 17.0. The number of nitrogens with zero attached hydrogens (tertiary/aromatic N) is 2. The number of nitrogens with one attached hydrogen (secondary N) is 1. The quantitative estimate of drug-likeness (QED) is 0.187. The zero-order chi connectivity index (χ0) is 34.0. The molecule has 0 radical (unpaired) electrons. The van der Waals surface area contributed by atoms with E-state index in [4.69, 9.17) is 19.9 Å². The van der Waals surface area contributed by atoms with E-state index in [2.05, 4.69) is 10.3 Å². The van der Waals surface area contributed by atoms with Crippen LogP contribution in [-0.4, -0.2) is 67.6 Å². The highest BCUT2D eigenvalue weighted by Gasteiger charge is 2.45. The van der Waals surface area contributed by atoms with Crippen LogP contribution >= 0.6 is 0 Å². The summed E-state index contributed by atoms with van der Waals surface area (Å²) >= 11 is 0. The summed E-state index contributed by atoms with van der Waals surface area (Å²) in [4.78, 5) is 31.9. The van der Waals surface area contributed by atoms with Crippen LogP contribution in [0.4, 0.5) is 20.7 Å². The molecule has 14 heteroatoms. The van der Waals surface area contributed by atoms with Gasteiger partial charge in [0.25, 0.3) is 0 Å². The summed E-state index contributed by atoms with van der Waals surface area (Å²) in [7, 11) is -1.15. The van der Waals surface area contributed by atoms with Crippen molar-refractivity contribution in [1.82, 2.24) is 9.88 Å². The molecular weight excluding hydrogens is 631 g/mol. The maximum atomic E-state index is 15.9. The number of nitrogens with two attached hydrogens (primary N) is 1. The molecule has 0 unspecified atom stereocenters. The Morgan fingerprint density at radius 2 is 1.77 bits per heavy atom. The van der Waals surface area contributed by atoms with E-state index in [1.54, 1.807) is 36.4 Å². The van der Waals surface area contributed by atoms with Crippen LogP contribution in [0.3, 0.4) is 0 Å². The molecule has 1 saturated heterocycles. The van der Waals surface area contributed by atoms with Crippen molar-refractivity contribution < 1.29 is 41.7 Å². The molecule has 47 heavy (non-hydrogen) atoms. The summed E-state index contributed by atoms with van der Waals surface area (Å²) < 4.78 is 58.7.